The van der Waals surface area contributed by atoms with Crippen LogP contribution >= 0.6 is 0 Å². The van der Waals surface area contributed by atoms with Gasteiger partial charge in [0.1, 0.15) is 5.82 Å². The Morgan fingerprint density at radius 3 is 2.20 bits per heavy atom. The molecule has 0 radical (unpaired) electrons. The molecule has 0 atom stereocenters. The molecule has 7 aromatic carbocycles. The minimum absolute atomic E-state index is 0. The van der Waals surface area contributed by atoms with Gasteiger partial charge in [-0.3, -0.25) is 4.98 Å². The molecule has 294 valence electrons. The second-order valence-electron chi connectivity index (χ2n) is 16.5. The smallest absolute Gasteiger partial charge is 0.503 e. The number of nitrogens with zero attached hydrogens (tertiary/aromatic N) is 5. The van der Waals surface area contributed by atoms with E-state index < -0.39 is 0 Å². The van der Waals surface area contributed by atoms with Gasteiger partial charge in [0.15, 0.2) is 0 Å². The summed E-state index contributed by atoms with van der Waals surface area (Å²) < 4.78 is 13.5. The molecule has 11 aromatic rings. The molecule has 0 saturated heterocycles. The van der Waals surface area contributed by atoms with Gasteiger partial charge in [0.2, 0.25) is 0 Å². The molecule has 0 spiro atoms. The Morgan fingerprint density at radius 2 is 1.33 bits per heavy atom. The van der Waals surface area contributed by atoms with Crippen molar-refractivity contribution < 1.29 is 25.8 Å². The summed E-state index contributed by atoms with van der Waals surface area (Å²) in [6, 6.07) is 60.8. The average Bonchev–Trinajstić information content (AvgIpc) is 3.97. The number of fused-ring (bicyclic) bond motifs is 12. The Balaban J connectivity index is 0.00000420. The molecule has 0 aliphatic carbocycles. The number of imidazole rings is 1. The fourth-order valence-corrected chi connectivity index (χ4v) is 9.24. The summed E-state index contributed by atoms with van der Waals surface area (Å²) in [5.41, 5.74) is 13.2. The molecular formula is C54H37N5OPt. The van der Waals surface area contributed by atoms with E-state index in [1.54, 1.807) is 0 Å². The largest absolute Gasteiger partial charge is 2.00 e. The molecule has 0 bridgehead atoms. The Hall–Kier alpha value is -7.01. The van der Waals surface area contributed by atoms with Crippen molar-refractivity contribution in [2.45, 2.75) is 26.2 Å². The second kappa shape index (κ2) is 14.0. The third-order valence-corrected chi connectivity index (χ3v) is 12.0. The predicted octanol–water partition coefficient (Wildman–Crippen LogP) is 13.5. The van der Waals surface area contributed by atoms with E-state index in [1.807, 2.05) is 61.1 Å². The molecule has 1 aliphatic heterocycles. The first-order valence-corrected chi connectivity index (χ1v) is 20.3. The van der Waals surface area contributed by atoms with Crippen molar-refractivity contribution in [3.8, 4) is 62.3 Å². The summed E-state index contributed by atoms with van der Waals surface area (Å²) in [6.45, 7) is 6.72. The fraction of sp³-hybridized carbons (Fsp3) is 0.0741. The molecule has 0 fully saturated rings. The maximum atomic E-state index is 6.66. The molecule has 5 heterocycles. The summed E-state index contributed by atoms with van der Waals surface area (Å²) in [7, 11) is 0. The Labute approximate surface area is 367 Å². The molecule has 61 heavy (non-hydrogen) atoms. The number of ether oxygens (including phenoxy) is 1. The van der Waals surface area contributed by atoms with E-state index in [9.17, 15) is 0 Å². The van der Waals surface area contributed by atoms with Crippen LogP contribution in [0.1, 0.15) is 26.3 Å². The Morgan fingerprint density at radius 1 is 0.574 bits per heavy atom. The first kappa shape index (κ1) is 37.0. The fourth-order valence-electron chi connectivity index (χ4n) is 9.24. The predicted molar refractivity (Wildman–Crippen MR) is 243 cm³/mol. The number of para-hydroxylation sites is 3. The van der Waals surface area contributed by atoms with E-state index in [0.717, 1.165) is 50.4 Å². The summed E-state index contributed by atoms with van der Waals surface area (Å²) in [5.74, 6) is 2.77. The van der Waals surface area contributed by atoms with Crippen LogP contribution < -0.4 is 4.74 Å². The molecule has 0 unspecified atom stereocenters. The minimum atomic E-state index is -0.0762. The third kappa shape index (κ3) is 5.73. The number of aromatic nitrogens is 5. The monoisotopic (exact) mass is 966 g/mol. The second-order valence-corrected chi connectivity index (χ2v) is 16.5. The van der Waals surface area contributed by atoms with Crippen molar-refractivity contribution in [3.05, 3.63) is 188 Å². The first-order chi connectivity index (χ1) is 29.4. The summed E-state index contributed by atoms with van der Waals surface area (Å²) >= 11 is 0. The minimum Gasteiger partial charge on any atom is -0.503 e. The van der Waals surface area contributed by atoms with Gasteiger partial charge in [-0.05, 0) is 70.0 Å². The van der Waals surface area contributed by atoms with Crippen LogP contribution in [0, 0.1) is 12.1 Å². The van der Waals surface area contributed by atoms with Crippen molar-refractivity contribution in [1.29, 1.82) is 0 Å². The van der Waals surface area contributed by atoms with Gasteiger partial charge in [-0.1, -0.05) is 111 Å². The SMILES string of the molecule is CC(C)(C)c1ccnc(-n2c3[c-]c(Oc4[c-]c(-c5nccn5-c5ccccc5)ccc4)ccc3c3c4c(ccc32)-n2c3ccccc3c3cccc(c32)-c2ccccc2-4)c1.[Pt+2]. The number of pyridine rings is 1. The van der Waals surface area contributed by atoms with Gasteiger partial charge in [-0.2, -0.15) is 6.07 Å². The molecule has 7 heteroatoms. The average molecular weight is 967 g/mol. The van der Waals surface area contributed by atoms with Gasteiger partial charge >= 0.3 is 21.1 Å². The number of hydrogen-bond acceptors (Lipinski definition) is 3. The zero-order valence-electron chi connectivity index (χ0n) is 33.6. The van der Waals surface area contributed by atoms with Crippen LogP contribution in [-0.4, -0.2) is 23.7 Å². The first-order valence-electron chi connectivity index (χ1n) is 20.3. The maximum Gasteiger partial charge on any atom is 2.00 e. The van der Waals surface area contributed by atoms with Crippen LogP contribution in [0.2, 0.25) is 0 Å². The number of rotatable bonds is 5. The van der Waals surface area contributed by atoms with E-state index in [1.165, 1.54) is 49.6 Å². The van der Waals surface area contributed by atoms with Crippen LogP contribution in [0.15, 0.2) is 170 Å². The third-order valence-electron chi connectivity index (χ3n) is 12.0. The van der Waals surface area contributed by atoms with Crippen LogP contribution in [0.25, 0.3) is 94.4 Å². The molecule has 4 aromatic heterocycles. The maximum absolute atomic E-state index is 6.66. The molecule has 6 nitrogen and oxygen atoms in total. The quantitative estimate of drug-likeness (QED) is 0.162. The molecule has 12 rings (SSSR count). The normalized spacial score (nSPS) is 12.0. The summed E-state index contributed by atoms with van der Waals surface area (Å²) in [5, 5.41) is 4.69. The topological polar surface area (TPSA) is 49.8 Å². The van der Waals surface area contributed by atoms with E-state index in [2.05, 4.69) is 156 Å². The molecular weight excluding hydrogens is 930 g/mol. The van der Waals surface area contributed by atoms with Crippen molar-refractivity contribution >= 4 is 43.6 Å². The van der Waals surface area contributed by atoms with Crippen molar-refractivity contribution in [2.75, 3.05) is 0 Å². The van der Waals surface area contributed by atoms with E-state index in [4.69, 9.17) is 14.7 Å². The van der Waals surface area contributed by atoms with Gasteiger partial charge < -0.3 is 18.4 Å². The standard InChI is InChI=1S/C54H37N5O.Pt/c1-54(2,3)35-27-28-55-49(32-35)58-46-25-26-47-50(41-19-8-7-17-39(41)42-20-12-21-43-40-18-9-10-22-45(40)59(47)52(42)43)51(46)44-24-23-38(33-48(44)58)60-37-16-11-13-34(31-37)53-56-29-30-57(53)36-14-5-4-6-15-36;/h4-30,32H,1-3H3;/q-2;+2. The van der Waals surface area contributed by atoms with E-state index >= 15 is 0 Å². The van der Waals surface area contributed by atoms with Crippen LogP contribution in [-0.2, 0) is 26.5 Å². The zero-order chi connectivity index (χ0) is 40.1. The van der Waals surface area contributed by atoms with Crippen LogP contribution in [0.5, 0.6) is 11.5 Å². The summed E-state index contributed by atoms with van der Waals surface area (Å²) in [6.07, 6.45) is 5.70. The van der Waals surface area contributed by atoms with Crippen LogP contribution in [0.4, 0.5) is 0 Å². The van der Waals surface area contributed by atoms with Gasteiger partial charge in [0, 0.05) is 63.2 Å². The molecule has 0 amide bonds. The van der Waals surface area contributed by atoms with Crippen LogP contribution in [0.3, 0.4) is 0 Å². The molecule has 1 aliphatic rings. The number of hydrogen-bond donors (Lipinski definition) is 0. The van der Waals surface area contributed by atoms with Gasteiger partial charge in [-0.25, -0.2) is 4.98 Å². The van der Waals surface area contributed by atoms with Gasteiger partial charge in [0.25, 0.3) is 0 Å². The molecule has 0 saturated carbocycles. The van der Waals surface area contributed by atoms with Crippen molar-refractivity contribution in [1.82, 2.24) is 23.7 Å². The van der Waals surface area contributed by atoms with E-state index in [-0.39, 0.29) is 26.5 Å². The van der Waals surface area contributed by atoms with Gasteiger partial charge in [-0.15, -0.1) is 41.3 Å². The molecule has 0 N–H and O–H groups in total. The van der Waals surface area contributed by atoms with Gasteiger partial charge in [0.05, 0.1) is 22.5 Å². The summed E-state index contributed by atoms with van der Waals surface area (Å²) in [4.78, 5) is 9.73. The van der Waals surface area contributed by atoms with Crippen molar-refractivity contribution in [2.24, 2.45) is 0 Å². The Kier molecular flexibility index (Phi) is 8.52. The van der Waals surface area contributed by atoms with E-state index in [0.29, 0.717) is 11.5 Å². The van der Waals surface area contributed by atoms with Crippen molar-refractivity contribution in [3.63, 3.8) is 0 Å². The zero-order valence-corrected chi connectivity index (χ0v) is 35.9. The number of benzene rings is 7. The Bertz CT molecular complexity index is 3510.